The first-order chi connectivity index (χ1) is 9.83. The minimum atomic E-state index is 0.338. The van der Waals surface area contributed by atoms with Crippen molar-refractivity contribution in [3.63, 3.8) is 0 Å². The van der Waals surface area contributed by atoms with Crippen LogP contribution >= 0.6 is 23.1 Å². The molecule has 0 saturated heterocycles. The van der Waals surface area contributed by atoms with Gasteiger partial charge in [0.05, 0.1) is 6.61 Å². The molecule has 3 nitrogen and oxygen atoms in total. The highest BCUT2D eigenvalue weighted by atomic mass is 32.2. The molecule has 0 amide bonds. The molecular formula is C15H20N2OS2. The van der Waals surface area contributed by atoms with E-state index in [0.717, 1.165) is 22.4 Å². The second kappa shape index (κ2) is 8.29. The maximum atomic E-state index is 5.49. The molecule has 1 N–H and O–H groups in total. The Bertz CT molecular complexity index is 485. The van der Waals surface area contributed by atoms with Crippen LogP contribution in [-0.2, 0) is 0 Å². The summed E-state index contributed by atoms with van der Waals surface area (Å²) in [6.07, 6.45) is 1.85. The van der Waals surface area contributed by atoms with Crippen molar-refractivity contribution in [3.8, 4) is 5.75 Å². The van der Waals surface area contributed by atoms with Crippen LogP contribution in [-0.4, -0.2) is 23.9 Å². The van der Waals surface area contributed by atoms with Crippen molar-refractivity contribution >= 4 is 23.1 Å². The van der Waals surface area contributed by atoms with Crippen LogP contribution in [0.3, 0.4) is 0 Å². The van der Waals surface area contributed by atoms with Crippen molar-refractivity contribution in [1.29, 1.82) is 0 Å². The van der Waals surface area contributed by atoms with Gasteiger partial charge in [0.25, 0.3) is 0 Å². The zero-order chi connectivity index (χ0) is 14.2. The van der Waals surface area contributed by atoms with E-state index in [2.05, 4.69) is 29.4 Å². The van der Waals surface area contributed by atoms with Crippen molar-refractivity contribution < 1.29 is 4.74 Å². The molecule has 20 heavy (non-hydrogen) atoms. The molecule has 0 fully saturated rings. The van der Waals surface area contributed by atoms with E-state index in [9.17, 15) is 0 Å². The van der Waals surface area contributed by atoms with Crippen LogP contribution in [0.1, 0.15) is 25.5 Å². The highest BCUT2D eigenvalue weighted by Crippen LogP contribution is 2.27. The second-order valence-corrected chi connectivity index (χ2v) is 6.38. The molecule has 1 aromatic carbocycles. The summed E-state index contributed by atoms with van der Waals surface area (Å²) in [4.78, 5) is 4.31. The van der Waals surface area contributed by atoms with Gasteiger partial charge < -0.3 is 10.1 Å². The molecule has 1 heterocycles. The first-order valence-electron chi connectivity index (χ1n) is 6.82. The lowest BCUT2D eigenvalue weighted by molar-refractivity contribution is 0.340. The van der Waals surface area contributed by atoms with Crippen molar-refractivity contribution in [1.82, 2.24) is 10.3 Å². The summed E-state index contributed by atoms with van der Waals surface area (Å²) in [5, 5.41) is 5.54. The first kappa shape index (κ1) is 15.4. The quantitative estimate of drug-likeness (QED) is 0.748. The normalized spacial score (nSPS) is 12.3. The summed E-state index contributed by atoms with van der Waals surface area (Å²) in [6.45, 7) is 5.79. The fourth-order valence-electron chi connectivity index (χ4n) is 1.92. The number of hydrogen-bond donors (Lipinski definition) is 1. The number of ether oxygens (including phenoxy) is 1. The van der Waals surface area contributed by atoms with E-state index in [1.165, 1.54) is 5.56 Å². The summed E-state index contributed by atoms with van der Waals surface area (Å²) in [7, 11) is 0. The van der Waals surface area contributed by atoms with E-state index in [0.29, 0.717) is 12.6 Å². The lowest BCUT2D eigenvalue weighted by atomic mass is 10.1. The molecule has 0 bridgehead atoms. The summed E-state index contributed by atoms with van der Waals surface area (Å²) in [6, 6.07) is 8.69. The van der Waals surface area contributed by atoms with Crippen LogP contribution in [0.4, 0.5) is 0 Å². The van der Waals surface area contributed by atoms with Crippen LogP contribution in [0, 0.1) is 0 Å². The van der Waals surface area contributed by atoms with Gasteiger partial charge in [-0.1, -0.05) is 30.8 Å². The zero-order valence-electron chi connectivity index (χ0n) is 11.8. The zero-order valence-corrected chi connectivity index (χ0v) is 13.5. The third-order valence-electron chi connectivity index (χ3n) is 2.83. The molecule has 0 aliphatic rings. The van der Waals surface area contributed by atoms with Crippen molar-refractivity contribution in [2.75, 3.05) is 18.9 Å². The molecule has 1 unspecified atom stereocenters. The number of hydrogen-bond acceptors (Lipinski definition) is 5. The van der Waals surface area contributed by atoms with Gasteiger partial charge >= 0.3 is 0 Å². The predicted octanol–water partition coefficient (Wildman–Crippen LogP) is 3.98. The maximum absolute atomic E-state index is 5.49. The molecule has 0 saturated carbocycles. The van der Waals surface area contributed by atoms with Crippen LogP contribution in [0.15, 0.2) is 40.2 Å². The Kier molecular flexibility index (Phi) is 6.36. The fourth-order valence-corrected chi connectivity index (χ4v) is 3.68. The number of nitrogens with one attached hydrogen (secondary N) is 1. The van der Waals surface area contributed by atoms with E-state index in [-0.39, 0.29) is 0 Å². The van der Waals surface area contributed by atoms with E-state index < -0.39 is 0 Å². The van der Waals surface area contributed by atoms with E-state index >= 15 is 0 Å². The number of aromatic nitrogens is 1. The average Bonchev–Trinajstić information content (AvgIpc) is 2.98. The average molecular weight is 308 g/mol. The smallest absolute Gasteiger partial charge is 0.149 e. The third kappa shape index (κ3) is 4.51. The molecule has 0 aliphatic carbocycles. The van der Waals surface area contributed by atoms with Crippen molar-refractivity contribution in [2.45, 2.75) is 24.2 Å². The Morgan fingerprint density at radius 1 is 1.30 bits per heavy atom. The standard InChI is InChI=1S/C15H20N2OS2/c1-3-16-14(11-20-15-17-9-10-19-15)12-5-7-13(8-6-12)18-4-2/h5-10,14,16H,3-4,11H2,1-2H3. The summed E-state index contributed by atoms with van der Waals surface area (Å²) < 4.78 is 6.61. The van der Waals surface area contributed by atoms with Crippen LogP contribution in [0.2, 0.25) is 0 Å². The van der Waals surface area contributed by atoms with Gasteiger partial charge in [-0.25, -0.2) is 4.98 Å². The Morgan fingerprint density at radius 2 is 2.10 bits per heavy atom. The molecule has 0 spiro atoms. The molecule has 2 rings (SSSR count). The molecule has 5 heteroatoms. The summed E-state index contributed by atoms with van der Waals surface area (Å²) in [5.41, 5.74) is 1.29. The lowest BCUT2D eigenvalue weighted by Gasteiger charge is -2.17. The molecule has 0 radical (unpaired) electrons. The number of rotatable bonds is 8. The number of thiazole rings is 1. The Hall–Kier alpha value is -1.04. The van der Waals surface area contributed by atoms with Gasteiger partial charge in [-0.3, -0.25) is 0 Å². The lowest BCUT2D eigenvalue weighted by Crippen LogP contribution is -2.22. The SMILES string of the molecule is CCNC(CSc1nccs1)c1ccc(OCC)cc1. The van der Waals surface area contributed by atoms with Gasteiger partial charge in [0.2, 0.25) is 0 Å². The minimum Gasteiger partial charge on any atom is -0.494 e. The van der Waals surface area contributed by atoms with Gasteiger partial charge in [-0.05, 0) is 31.2 Å². The maximum Gasteiger partial charge on any atom is 0.149 e. The molecule has 1 atom stereocenters. The van der Waals surface area contributed by atoms with Crippen LogP contribution in [0.25, 0.3) is 0 Å². The topological polar surface area (TPSA) is 34.2 Å². The van der Waals surface area contributed by atoms with Crippen LogP contribution in [0.5, 0.6) is 5.75 Å². The highest BCUT2D eigenvalue weighted by molar-refractivity contribution is 8.01. The second-order valence-electron chi connectivity index (χ2n) is 4.22. The minimum absolute atomic E-state index is 0.338. The Balaban J connectivity index is 1.99. The fraction of sp³-hybridized carbons (Fsp3) is 0.400. The Morgan fingerprint density at radius 3 is 2.70 bits per heavy atom. The van der Waals surface area contributed by atoms with Crippen molar-refractivity contribution in [3.05, 3.63) is 41.4 Å². The van der Waals surface area contributed by atoms with E-state index in [1.807, 2.05) is 30.6 Å². The predicted molar refractivity (Wildman–Crippen MR) is 86.9 cm³/mol. The number of nitrogens with zero attached hydrogens (tertiary/aromatic N) is 1. The monoisotopic (exact) mass is 308 g/mol. The van der Waals surface area contributed by atoms with Gasteiger partial charge in [-0.2, -0.15) is 0 Å². The van der Waals surface area contributed by atoms with Gasteiger partial charge in [-0.15, -0.1) is 11.3 Å². The number of thioether (sulfide) groups is 1. The Labute approximate surface area is 128 Å². The van der Waals surface area contributed by atoms with Gasteiger partial charge in [0, 0.05) is 23.4 Å². The van der Waals surface area contributed by atoms with Crippen LogP contribution < -0.4 is 10.1 Å². The summed E-state index contributed by atoms with van der Waals surface area (Å²) >= 11 is 3.49. The van der Waals surface area contributed by atoms with Gasteiger partial charge in [0.1, 0.15) is 10.1 Å². The molecule has 2 aromatic rings. The largest absolute Gasteiger partial charge is 0.494 e. The summed E-state index contributed by atoms with van der Waals surface area (Å²) in [5.74, 6) is 1.91. The van der Waals surface area contributed by atoms with Gasteiger partial charge in [0.15, 0.2) is 0 Å². The molecule has 0 aliphatic heterocycles. The van der Waals surface area contributed by atoms with Crippen molar-refractivity contribution in [2.24, 2.45) is 0 Å². The molecule has 1 aromatic heterocycles. The molecule has 108 valence electrons. The molecular weight excluding hydrogens is 288 g/mol. The number of benzene rings is 1. The van der Waals surface area contributed by atoms with E-state index in [1.54, 1.807) is 23.1 Å². The third-order valence-corrected chi connectivity index (χ3v) is 4.89. The first-order valence-corrected chi connectivity index (χ1v) is 8.68. The van der Waals surface area contributed by atoms with E-state index in [4.69, 9.17) is 4.74 Å². The highest BCUT2D eigenvalue weighted by Gasteiger charge is 2.11.